The quantitative estimate of drug-likeness (QED) is 0.656. The highest BCUT2D eigenvalue weighted by atomic mass is 79.9. The van der Waals surface area contributed by atoms with Crippen molar-refractivity contribution in [2.24, 2.45) is 5.84 Å². The number of hydrogen-bond donors (Lipinski definition) is 2. The maximum absolute atomic E-state index is 13.7. The van der Waals surface area contributed by atoms with Gasteiger partial charge in [0.1, 0.15) is 11.6 Å². The molecule has 0 aliphatic heterocycles. The molecule has 2 aromatic rings. The fraction of sp³-hybridized carbons (Fsp3) is 0.200. The summed E-state index contributed by atoms with van der Waals surface area (Å²) in [4.78, 5) is 0. The highest BCUT2D eigenvalue weighted by Crippen LogP contribution is 2.27. The summed E-state index contributed by atoms with van der Waals surface area (Å²) in [7, 11) is 0. The van der Waals surface area contributed by atoms with Gasteiger partial charge in [0, 0.05) is 4.47 Å². The van der Waals surface area contributed by atoms with Crippen LogP contribution < -0.4 is 11.3 Å². The Morgan fingerprint density at radius 1 is 1.25 bits per heavy atom. The largest absolute Gasteiger partial charge is 0.271 e. The molecule has 1 unspecified atom stereocenters. The maximum Gasteiger partial charge on any atom is 0.126 e. The topological polar surface area (TPSA) is 38.0 Å². The van der Waals surface area contributed by atoms with Gasteiger partial charge in [0.25, 0.3) is 0 Å². The van der Waals surface area contributed by atoms with Gasteiger partial charge in [0.15, 0.2) is 0 Å². The van der Waals surface area contributed by atoms with E-state index in [1.165, 1.54) is 6.07 Å². The Kier molecular flexibility index (Phi) is 4.86. The van der Waals surface area contributed by atoms with Crippen LogP contribution in [0.25, 0.3) is 0 Å². The number of nitrogens with two attached hydrogens (primary N) is 1. The second-order valence-corrected chi connectivity index (χ2v) is 5.47. The third-order valence-electron chi connectivity index (χ3n) is 3.32. The van der Waals surface area contributed by atoms with Gasteiger partial charge < -0.3 is 0 Å². The zero-order valence-electron chi connectivity index (χ0n) is 11.0. The van der Waals surface area contributed by atoms with Crippen molar-refractivity contribution in [1.29, 1.82) is 0 Å². The number of rotatable bonds is 4. The molecule has 0 aliphatic carbocycles. The van der Waals surface area contributed by atoms with Gasteiger partial charge >= 0.3 is 0 Å². The van der Waals surface area contributed by atoms with Crippen LogP contribution in [-0.4, -0.2) is 0 Å². The van der Waals surface area contributed by atoms with Crippen molar-refractivity contribution in [3.8, 4) is 0 Å². The van der Waals surface area contributed by atoms with E-state index < -0.39 is 11.6 Å². The predicted molar refractivity (Wildman–Crippen MR) is 79.0 cm³/mol. The normalized spacial score (nSPS) is 12.4. The molecule has 0 aromatic heterocycles. The summed E-state index contributed by atoms with van der Waals surface area (Å²) < 4.78 is 27.9. The van der Waals surface area contributed by atoms with E-state index in [9.17, 15) is 8.78 Å². The predicted octanol–water partition coefficient (Wildman–Crippen LogP) is 3.78. The van der Waals surface area contributed by atoms with Crippen LogP contribution in [0.3, 0.4) is 0 Å². The first kappa shape index (κ1) is 15.1. The summed E-state index contributed by atoms with van der Waals surface area (Å²) in [5, 5.41) is 0. The van der Waals surface area contributed by atoms with Crippen LogP contribution in [0.4, 0.5) is 8.78 Å². The lowest BCUT2D eigenvalue weighted by atomic mass is 9.95. The van der Waals surface area contributed by atoms with Crippen molar-refractivity contribution in [3.63, 3.8) is 0 Å². The van der Waals surface area contributed by atoms with E-state index in [1.807, 2.05) is 25.1 Å². The number of hydrogen-bond acceptors (Lipinski definition) is 2. The summed E-state index contributed by atoms with van der Waals surface area (Å²) in [5.41, 5.74) is 4.94. The van der Waals surface area contributed by atoms with Gasteiger partial charge in [-0.05, 0) is 54.3 Å². The molecule has 0 saturated heterocycles. The summed E-state index contributed by atoms with van der Waals surface area (Å²) >= 11 is 3.45. The molecule has 0 radical (unpaired) electrons. The number of nitrogens with one attached hydrogen (secondary N) is 1. The second-order valence-electron chi connectivity index (χ2n) is 4.61. The molecule has 0 bridgehead atoms. The molecular weight excluding hydrogens is 326 g/mol. The smallest absolute Gasteiger partial charge is 0.126 e. The van der Waals surface area contributed by atoms with Crippen LogP contribution in [0.15, 0.2) is 40.9 Å². The Hall–Kier alpha value is -1.30. The van der Waals surface area contributed by atoms with Crippen molar-refractivity contribution < 1.29 is 8.78 Å². The summed E-state index contributed by atoms with van der Waals surface area (Å²) in [6.07, 6.45) is 0.275. The fourth-order valence-electron chi connectivity index (χ4n) is 2.18. The SMILES string of the molecule is Cc1c(Br)cccc1C(Cc1cc(F)ccc1F)NN. The first-order valence-electron chi connectivity index (χ1n) is 6.18. The van der Waals surface area contributed by atoms with Crippen LogP contribution in [0.1, 0.15) is 22.7 Å². The van der Waals surface area contributed by atoms with Crippen molar-refractivity contribution in [1.82, 2.24) is 5.43 Å². The summed E-state index contributed by atoms with van der Waals surface area (Å²) in [5.74, 6) is 4.69. The minimum atomic E-state index is -0.455. The molecule has 0 aliphatic rings. The Bertz CT molecular complexity index is 617. The van der Waals surface area contributed by atoms with E-state index in [2.05, 4.69) is 21.4 Å². The average molecular weight is 341 g/mol. The molecule has 0 fully saturated rings. The first-order chi connectivity index (χ1) is 9.52. The molecule has 1 atom stereocenters. The van der Waals surface area contributed by atoms with Gasteiger partial charge in [-0.15, -0.1) is 0 Å². The Morgan fingerprint density at radius 3 is 2.70 bits per heavy atom. The van der Waals surface area contributed by atoms with Gasteiger partial charge in [-0.2, -0.15) is 0 Å². The van der Waals surface area contributed by atoms with E-state index >= 15 is 0 Å². The monoisotopic (exact) mass is 340 g/mol. The Balaban J connectivity index is 2.34. The Morgan fingerprint density at radius 2 is 2.00 bits per heavy atom. The van der Waals surface area contributed by atoms with Gasteiger partial charge in [-0.1, -0.05) is 28.1 Å². The van der Waals surface area contributed by atoms with E-state index in [4.69, 9.17) is 5.84 Å². The molecule has 2 rings (SSSR count). The van der Waals surface area contributed by atoms with Crippen LogP contribution in [0.5, 0.6) is 0 Å². The summed E-state index contributed by atoms with van der Waals surface area (Å²) in [6.45, 7) is 1.95. The number of halogens is 3. The third kappa shape index (κ3) is 3.23. The van der Waals surface area contributed by atoms with E-state index in [0.29, 0.717) is 5.56 Å². The van der Waals surface area contributed by atoms with Gasteiger partial charge in [0.2, 0.25) is 0 Å². The standard InChI is InChI=1S/C15H15BrF2N2/c1-9-12(3-2-4-13(9)16)15(20-19)8-10-7-11(17)5-6-14(10)18/h2-7,15,20H,8,19H2,1H3. The van der Waals surface area contributed by atoms with Crippen LogP contribution in [-0.2, 0) is 6.42 Å². The van der Waals surface area contributed by atoms with E-state index in [0.717, 1.165) is 27.7 Å². The Labute approximate surface area is 125 Å². The van der Waals surface area contributed by atoms with Crippen LogP contribution in [0.2, 0.25) is 0 Å². The van der Waals surface area contributed by atoms with Gasteiger partial charge in [-0.3, -0.25) is 11.3 Å². The molecule has 2 nitrogen and oxygen atoms in total. The molecule has 106 valence electrons. The maximum atomic E-state index is 13.7. The number of benzene rings is 2. The molecule has 2 aromatic carbocycles. The molecule has 5 heteroatoms. The molecule has 0 heterocycles. The zero-order valence-corrected chi connectivity index (χ0v) is 12.5. The van der Waals surface area contributed by atoms with Crippen molar-refractivity contribution in [3.05, 3.63) is 69.2 Å². The lowest BCUT2D eigenvalue weighted by Crippen LogP contribution is -2.30. The average Bonchev–Trinajstić information content (AvgIpc) is 2.43. The van der Waals surface area contributed by atoms with Crippen LogP contribution >= 0.6 is 15.9 Å². The van der Waals surface area contributed by atoms with E-state index in [1.54, 1.807) is 0 Å². The zero-order chi connectivity index (χ0) is 14.7. The first-order valence-corrected chi connectivity index (χ1v) is 6.97. The molecule has 0 saturated carbocycles. The van der Waals surface area contributed by atoms with Crippen molar-refractivity contribution in [2.45, 2.75) is 19.4 Å². The molecule has 0 spiro atoms. The van der Waals surface area contributed by atoms with Gasteiger partial charge in [0.05, 0.1) is 6.04 Å². The minimum absolute atomic E-state index is 0.275. The lowest BCUT2D eigenvalue weighted by molar-refractivity contribution is 0.521. The summed E-state index contributed by atoms with van der Waals surface area (Å²) in [6, 6.07) is 8.88. The number of hydrazine groups is 1. The highest BCUT2D eigenvalue weighted by molar-refractivity contribution is 9.10. The van der Waals surface area contributed by atoms with Crippen molar-refractivity contribution in [2.75, 3.05) is 0 Å². The molecule has 0 amide bonds. The third-order valence-corrected chi connectivity index (χ3v) is 4.18. The fourth-order valence-corrected chi connectivity index (χ4v) is 2.56. The van der Waals surface area contributed by atoms with Crippen LogP contribution in [0, 0.1) is 18.6 Å². The van der Waals surface area contributed by atoms with E-state index in [-0.39, 0.29) is 12.5 Å². The van der Waals surface area contributed by atoms with Crippen molar-refractivity contribution >= 4 is 15.9 Å². The second kappa shape index (κ2) is 6.43. The molecule has 20 heavy (non-hydrogen) atoms. The highest BCUT2D eigenvalue weighted by Gasteiger charge is 2.16. The van der Waals surface area contributed by atoms with Gasteiger partial charge in [-0.25, -0.2) is 8.78 Å². The lowest BCUT2D eigenvalue weighted by Gasteiger charge is -2.19. The molecular formula is C15H15BrF2N2. The minimum Gasteiger partial charge on any atom is -0.271 e. The molecule has 3 N–H and O–H groups in total.